The van der Waals surface area contributed by atoms with Crippen LogP contribution in [0.15, 0.2) is 24.3 Å². The van der Waals surface area contributed by atoms with Gasteiger partial charge in [-0.05, 0) is 19.4 Å². The summed E-state index contributed by atoms with van der Waals surface area (Å²) in [6, 6.07) is 0. The van der Waals surface area contributed by atoms with Gasteiger partial charge in [0.1, 0.15) is 5.57 Å². The van der Waals surface area contributed by atoms with Crippen molar-refractivity contribution in [2.75, 3.05) is 6.61 Å². The minimum absolute atomic E-state index is 0.0449. The van der Waals surface area contributed by atoms with Crippen LogP contribution in [0.5, 0.6) is 0 Å². The van der Waals surface area contributed by atoms with E-state index in [1.807, 2.05) is 6.92 Å². The smallest absolute Gasteiger partial charge is 0.341 e. The fourth-order valence-corrected chi connectivity index (χ4v) is 0.719. The highest BCUT2D eigenvalue weighted by molar-refractivity contribution is 6.16. The highest BCUT2D eigenvalue weighted by Gasteiger charge is 2.14. The summed E-state index contributed by atoms with van der Waals surface area (Å²) in [6.45, 7) is 6.95. The van der Waals surface area contributed by atoms with Gasteiger partial charge in [0.15, 0.2) is 5.78 Å². The summed E-state index contributed by atoms with van der Waals surface area (Å²) in [7, 11) is 0. The Morgan fingerprint density at radius 2 is 2.08 bits per heavy atom. The number of ether oxygens (including phenoxy) is 1. The van der Waals surface area contributed by atoms with Crippen molar-refractivity contribution in [3.63, 3.8) is 0 Å². The SMILES string of the molecule is C=CC=C(C(C)=O)C(=O)OCCC. The monoisotopic (exact) mass is 182 g/mol. The Hall–Kier alpha value is -1.38. The van der Waals surface area contributed by atoms with Gasteiger partial charge in [0.05, 0.1) is 6.61 Å². The maximum Gasteiger partial charge on any atom is 0.341 e. The van der Waals surface area contributed by atoms with Crippen LogP contribution in [0.3, 0.4) is 0 Å². The van der Waals surface area contributed by atoms with Crippen molar-refractivity contribution in [2.24, 2.45) is 0 Å². The highest BCUT2D eigenvalue weighted by atomic mass is 16.5. The van der Waals surface area contributed by atoms with Gasteiger partial charge in [-0.15, -0.1) is 0 Å². The maximum atomic E-state index is 11.2. The molecule has 0 amide bonds. The van der Waals surface area contributed by atoms with Crippen molar-refractivity contribution in [1.29, 1.82) is 0 Å². The molecule has 13 heavy (non-hydrogen) atoms. The second kappa shape index (κ2) is 6.17. The topological polar surface area (TPSA) is 43.4 Å². The molecule has 0 aliphatic carbocycles. The Bertz CT molecular complexity index is 239. The van der Waals surface area contributed by atoms with E-state index in [2.05, 4.69) is 6.58 Å². The molecule has 0 aromatic heterocycles. The Morgan fingerprint density at radius 1 is 1.46 bits per heavy atom. The standard InChI is InChI=1S/C10H14O3/c1-4-6-9(8(3)11)10(12)13-7-5-2/h4,6H,1,5,7H2,2-3H3. The molecular formula is C10H14O3. The lowest BCUT2D eigenvalue weighted by atomic mass is 10.2. The van der Waals surface area contributed by atoms with Gasteiger partial charge in [0.2, 0.25) is 0 Å². The number of rotatable bonds is 5. The minimum atomic E-state index is -0.575. The molecule has 0 spiro atoms. The van der Waals surface area contributed by atoms with E-state index in [9.17, 15) is 9.59 Å². The van der Waals surface area contributed by atoms with Gasteiger partial charge >= 0.3 is 5.97 Å². The average Bonchev–Trinajstić information content (AvgIpc) is 2.09. The zero-order chi connectivity index (χ0) is 10.3. The van der Waals surface area contributed by atoms with Crippen LogP contribution in [-0.4, -0.2) is 18.4 Å². The zero-order valence-corrected chi connectivity index (χ0v) is 8.00. The van der Waals surface area contributed by atoms with Crippen LogP contribution in [0.25, 0.3) is 0 Å². The van der Waals surface area contributed by atoms with Crippen molar-refractivity contribution in [1.82, 2.24) is 0 Å². The molecule has 0 rings (SSSR count). The van der Waals surface area contributed by atoms with Gasteiger partial charge in [-0.2, -0.15) is 0 Å². The lowest BCUT2D eigenvalue weighted by Gasteiger charge is -2.03. The van der Waals surface area contributed by atoms with Crippen LogP contribution in [-0.2, 0) is 14.3 Å². The second-order valence-corrected chi connectivity index (χ2v) is 2.51. The summed E-state index contributed by atoms with van der Waals surface area (Å²) >= 11 is 0. The summed E-state index contributed by atoms with van der Waals surface area (Å²) in [5.41, 5.74) is 0.0449. The van der Waals surface area contributed by atoms with Crippen LogP contribution >= 0.6 is 0 Å². The molecule has 0 aromatic rings. The van der Waals surface area contributed by atoms with E-state index in [4.69, 9.17) is 4.74 Å². The Labute approximate surface area is 78.1 Å². The summed E-state index contributed by atoms with van der Waals surface area (Å²) in [6.07, 6.45) is 3.50. The Balaban J connectivity index is 4.39. The molecule has 3 nitrogen and oxygen atoms in total. The Kier molecular flexibility index (Phi) is 5.52. The van der Waals surface area contributed by atoms with Crippen LogP contribution in [0, 0.1) is 0 Å². The zero-order valence-electron chi connectivity index (χ0n) is 8.00. The molecule has 0 saturated carbocycles. The van der Waals surface area contributed by atoms with Crippen molar-refractivity contribution in [3.8, 4) is 0 Å². The van der Waals surface area contributed by atoms with Gasteiger partial charge in [-0.1, -0.05) is 19.6 Å². The quantitative estimate of drug-likeness (QED) is 0.213. The number of carbonyl (C=O) groups is 2. The normalized spacial score (nSPS) is 10.8. The maximum absolute atomic E-state index is 11.2. The molecule has 0 heterocycles. The molecule has 0 aliphatic rings. The number of carbonyl (C=O) groups excluding carboxylic acids is 2. The van der Waals surface area contributed by atoms with Crippen LogP contribution in [0.1, 0.15) is 20.3 Å². The molecule has 0 bridgehead atoms. The van der Waals surface area contributed by atoms with Crippen molar-refractivity contribution < 1.29 is 14.3 Å². The van der Waals surface area contributed by atoms with Gasteiger partial charge < -0.3 is 4.74 Å². The first kappa shape index (κ1) is 11.6. The summed E-state index contributed by atoms with van der Waals surface area (Å²) in [5, 5.41) is 0. The molecule has 0 atom stereocenters. The number of esters is 1. The first-order valence-corrected chi connectivity index (χ1v) is 4.14. The van der Waals surface area contributed by atoms with Crippen molar-refractivity contribution in [3.05, 3.63) is 24.3 Å². The number of hydrogen-bond donors (Lipinski definition) is 0. The fraction of sp³-hybridized carbons (Fsp3) is 0.400. The lowest BCUT2D eigenvalue weighted by molar-refractivity contribution is -0.140. The van der Waals surface area contributed by atoms with E-state index < -0.39 is 5.97 Å². The first-order valence-electron chi connectivity index (χ1n) is 4.14. The van der Waals surface area contributed by atoms with E-state index in [1.54, 1.807) is 0 Å². The van der Waals surface area contributed by atoms with Crippen LogP contribution < -0.4 is 0 Å². The Morgan fingerprint density at radius 3 is 2.46 bits per heavy atom. The summed E-state index contributed by atoms with van der Waals surface area (Å²) < 4.78 is 4.79. The minimum Gasteiger partial charge on any atom is -0.462 e. The van der Waals surface area contributed by atoms with E-state index in [1.165, 1.54) is 19.1 Å². The third-order valence-corrected chi connectivity index (χ3v) is 1.32. The predicted octanol–water partition coefficient (Wildman–Crippen LogP) is 1.64. The molecule has 3 heteroatoms. The fourth-order valence-electron chi connectivity index (χ4n) is 0.719. The van der Waals surface area contributed by atoms with Gasteiger partial charge in [0.25, 0.3) is 0 Å². The molecule has 0 aliphatic heterocycles. The van der Waals surface area contributed by atoms with Gasteiger partial charge in [0, 0.05) is 0 Å². The summed E-state index contributed by atoms with van der Waals surface area (Å²) in [4.78, 5) is 22.1. The third-order valence-electron chi connectivity index (χ3n) is 1.32. The van der Waals surface area contributed by atoms with Gasteiger partial charge in [-0.25, -0.2) is 4.79 Å². The van der Waals surface area contributed by atoms with Crippen molar-refractivity contribution in [2.45, 2.75) is 20.3 Å². The molecule has 0 fully saturated rings. The first-order chi connectivity index (χ1) is 6.13. The molecule has 0 unspecified atom stereocenters. The second-order valence-electron chi connectivity index (χ2n) is 2.51. The third kappa shape index (κ3) is 4.25. The van der Waals surface area contributed by atoms with E-state index in [0.717, 1.165) is 6.42 Å². The van der Waals surface area contributed by atoms with E-state index >= 15 is 0 Å². The number of Topliss-reactive ketones (excluding diaryl/α,β-unsaturated/α-hetero) is 1. The molecule has 0 saturated heterocycles. The highest BCUT2D eigenvalue weighted by Crippen LogP contribution is 2.00. The average molecular weight is 182 g/mol. The van der Waals surface area contributed by atoms with Crippen molar-refractivity contribution >= 4 is 11.8 Å². The molecule has 0 N–H and O–H groups in total. The van der Waals surface area contributed by atoms with Crippen LogP contribution in [0.4, 0.5) is 0 Å². The number of allylic oxidation sites excluding steroid dienone is 2. The molecule has 0 radical (unpaired) electrons. The summed E-state index contributed by atoms with van der Waals surface area (Å²) in [5.74, 6) is -0.879. The molecule has 72 valence electrons. The van der Waals surface area contributed by atoms with Crippen LogP contribution in [0.2, 0.25) is 0 Å². The number of hydrogen-bond acceptors (Lipinski definition) is 3. The molecular weight excluding hydrogens is 168 g/mol. The largest absolute Gasteiger partial charge is 0.462 e. The predicted molar refractivity (Wildman–Crippen MR) is 50.2 cm³/mol. The lowest BCUT2D eigenvalue weighted by Crippen LogP contribution is -2.13. The number of ketones is 1. The van der Waals surface area contributed by atoms with E-state index in [-0.39, 0.29) is 11.4 Å². The van der Waals surface area contributed by atoms with E-state index in [0.29, 0.717) is 6.61 Å². The molecule has 0 aromatic carbocycles. The van der Waals surface area contributed by atoms with Gasteiger partial charge in [-0.3, -0.25) is 4.79 Å².